The summed E-state index contributed by atoms with van der Waals surface area (Å²) in [6, 6.07) is 21.0. The van der Waals surface area contributed by atoms with Crippen LogP contribution in [-0.2, 0) is 12.8 Å². The molecule has 0 aliphatic carbocycles. The molecule has 28 heavy (non-hydrogen) atoms. The quantitative estimate of drug-likeness (QED) is 0.589. The van der Waals surface area contributed by atoms with Crippen LogP contribution in [0.2, 0.25) is 5.02 Å². The summed E-state index contributed by atoms with van der Waals surface area (Å²) in [7, 11) is 0. The van der Waals surface area contributed by atoms with E-state index in [1.807, 2.05) is 36.4 Å². The summed E-state index contributed by atoms with van der Waals surface area (Å²) in [6.45, 7) is 2.14. The number of aryl methyl sites for hydroxylation is 1. The molecule has 0 aromatic heterocycles. The second-order valence-corrected chi connectivity index (χ2v) is 8.00. The zero-order chi connectivity index (χ0) is 19.7. The number of carboxylic acid groups (broad SMARTS) is 1. The first-order valence-electron chi connectivity index (χ1n) is 9.32. The zero-order valence-corrected chi connectivity index (χ0v) is 16.4. The summed E-state index contributed by atoms with van der Waals surface area (Å²) in [5.41, 5.74) is 4.24. The van der Waals surface area contributed by atoms with Crippen molar-refractivity contribution in [3.05, 3.63) is 88.4 Å². The number of halogens is 1. The van der Waals surface area contributed by atoms with E-state index in [4.69, 9.17) is 16.3 Å². The first-order chi connectivity index (χ1) is 13.4. The lowest BCUT2D eigenvalue weighted by Crippen LogP contribution is -2.38. The molecule has 0 amide bonds. The molecule has 142 valence electrons. The minimum Gasteiger partial charge on any atom is -0.487 e. The van der Waals surface area contributed by atoms with Gasteiger partial charge in [-0.3, -0.25) is 0 Å². The maximum atomic E-state index is 11.2. The van der Waals surface area contributed by atoms with E-state index < -0.39 is 5.97 Å². The Hall–Kier alpha value is -2.78. The Balaban J connectivity index is 1.57. The molecule has 1 N–H and O–H groups in total. The van der Waals surface area contributed by atoms with Crippen molar-refractivity contribution in [3.8, 4) is 16.9 Å². The van der Waals surface area contributed by atoms with Gasteiger partial charge in [-0.05, 0) is 78.4 Å². The molecule has 0 saturated carbocycles. The fourth-order valence-electron chi connectivity index (χ4n) is 3.80. The van der Waals surface area contributed by atoms with Gasteiger partial charge in [0, 0.05) is 11.4 Å². The fraction of sp³-hybridized carbons (Fsp3) is 0.208. The van der Waals surface area contributed by atoms with E-state index in [0.717, 1.165) is 46.7 Å². The number of benzene rings is 3. The lowest BCUT2D eigenvalue weighted by molar-refractivity contribution is 0.0653. The Morgan fingerprint density at radius 1 is 1.07 bits per heavy atom. The van der Waals surface area contributed by atoms with Gasteiger partial charge in [0.2, 0.25) is 0 Å². The topological polar surface area (TPSA) is 46.5 Å². The first kappa shape index (κ1) is 18.6. The van der Waals surface area contributed by atoms with Crippen molar-refractivity contribution in [1.29, 1.82) is 0 Å². The Morgan fingerprint density at radius 3 is 2.64 bits per heavy atom. The molecular formula is C24H21ClO3. The van der Waals surface area contributed by atoms with Gasteiger partial charge >= 0.3 is 5.97 Å². The molecule has 3 aromatic rings. The molecular weight excluding hydrogens is 372 g/mol. The molecule has 0 unspecified atom stereocenters. The summed E-state index contributed by atoms with van der Waals surface area (Å²) in [4.78, 5) is 11.2. The standard InChI is InChI=1S/C24H21ClO3/c1-24(15-16-4-2-7-21(25)12-16)11-10-19-13-18(8-9-22(19)28-24)17-5-3-6-20(14-17)23(26)27/h2-9,12-14H,10-11,15H2,1H3,(H,26,27)/t24-/m0/s1. The number of hydrogen-bond donors (Lipinski definition) is 1. The highest BCUT2D eigenvalue weighted by atomic mass is 35.5. The number of rotatable bonds is 4. The van der Waals surface area contributed by atoms with Gasteiger partial charge in [0.1, 0.15) is 11.4 Å². The lowest BCUT2D eigenvalue weighted by atomic mass is 9.86. The molecule has 1 heterocycles. The van der Waals surface area contributed by atoms with Crippen molar-refractivity contribution in [2.24, 2.45) is 0 Å². The van der Waals surface area contributed by atoms with Gasteiger partial charge in [-0.2, -0.15) is 0 Å². The maximum absolute atomic E-state index is 11.2. The third-order valence-corrected chi connectivity index (χ3v) is 5.49. The van der Waals surface area contributed by atoms with Crippen LogP contribution in [0.25, 0.3) is 11.1 Å². The van der Waals surface area contributed by atoms with Gasteiger partial charge in [0.15, 0.2) is 0 Å². The van der Waals surface area contributed by atoms with E-state index >= 15 is 0 Å². The lowest BCUT2D eigenvalue weighted by Gasteiger charge is -2.36. The second kappa shape index (κ2) is 7.33. The van der Waals surface area contributed by atoms with E-state index in [1.165, 1.54) is 5.56 Å². The molecule has 0 bridgehead atoms. The van der Waals surface area contributed by atoms with Crippen LogP contribution >= 0.6 is 11.6 Å². The average molecular weight is 393 g/mol. The van der Waals surface area contributed by atoms with Crippen LogP contribution in [0.5, 0.6) is 5.75 Å². The highest BCUT2D eigenvalue weighted by molar-refractivity contribution is 6.30. The van der Waals surface area contributed by atoms with Crippen molar-refractivity contribution in [3.63, 3.8) is 0 Å². The van der Waals surface area contributed by atoms with Crippen molar-refractivity contribution < 1.29 is 14.6 Å². The molecule has 0 spiro atoms. The number of fused-ring (bicyclic) bond motifs is 1. The Bertz CT molecular complexity index is 1040. The minimum absolute atomic E-state index is 0.275. The summed E-state index contributed by atoms with van der Waals surface area (Å²) in [5.74, 6) is -0.0196. The SMILES string of the molecule is C[C@@]1(Cc2cccc(Cl)c2)CCc2cc(-c3cccc(C(=O)O)c3)ccc2O1. The van der Waals surface area contributed by atoms with Crippen LogP contribution in [0.1, 0.15) is 34.8 Å². The largest absolute Gasteiger partial charge is 0.487 e. The van der Waals surface area contributed by atoms with E-state index in [2.05, 4.69) is 19.1 Å². The Labute approximate surface area is 169 Å². The van der Waals surface area contributed by atoms with E-state index in [1.54, 1.807) is 18.2 Å². The first-order valence-corrected chi connectivity index (χ1v) is 9.70. The summed E-state index contributed by atoms with van der Waals surface area (Å²) in [6.07, 6.45) is 2.62. The Morgan fingerprint density at radius 2 is 1.86 bits per heavy atom. The molecule has 0 saturated heterocycles. The maximum Gasteiger partial charge on any atom is 0.335 e. The number of hydrogen-bond acceptors (Lipinski definition) is 2. The molecule has 0 fully saturated rings. The van der Waals surface area contributed by atoms with Gasteiger partial charge in [0.25, 0.3) is 0 Å². The van der Waals surface area contributed by atoms with Crippen molar-refractivity contribution >= 4 is 17.6 Å². The van der Waals surface area contributed by atoms with Crippen LogP contribution in [-0.4, -0.2) is 16.7 Å². The van der Waals surface area contributed by atoms with E-state index in [0.29, 0.717) is 5.56 Å². The molecule has 4 rings (SSSR count). The number of ether oxygens (including phenoxy) is 1. The van der Waals surface area contributed by atoms with Gasteiger partial charge < -0.3 is 9.84 Å². The van der Waals surface area contributed by atoms with Crippen molar-refractivity contribution in [2.75, 3.05) is 0 Å². The van der Waals surface area contributed by atoms with Gasteiger partial charge in [-0.1, -0.05) is 41.9 Å². The summed E-state index contributed by atoms with van der Waals surface area (Å²) < 4.78 is 6.38. The number of carboxylic acids is 1. The third kappa shape index (κ3) is 3.90. The Kier molecular flexibility index (Phi) is 4.86. The van der Waals surface area contributed by atoms with Gasteiger partial charge in [-0.15, -0.1) is 0 Å². The number of carbonyl (C=O) groups is 1. The highest BCUT2D eigenvalue weighted by Crippen LogP contribution is 2.37. The summed E-state index contributed by atoms with van der Waals surface area (Å²) in [5, 5.41) is 9.96. The number of aromatic carboxylic acids is 1. The van der Waals surface area contributed by atoms with Crippen LogP contribution in [0.15, 0.2) is 66.7 Å². The van der Waals surface area contributed by atoms with Crippen molar-refractivity contribution in [2.45, 2.75) is 31.8 Å². The van der Waals surface area contributed by atoms with Gasteiger partial charge in [0.05, 0.1) is 5.56 Å². The molecule has 3 nitrogen and oxygen atoms in total. The molecule has 1 aliphatic rings. The van der Waals surface area contributed by atoms with Crippen LogP contribution in [0.3, 0.4) is 0 Å². The minimum atomic E-state index is -0.917. The average Bonchev–Trinajstić information content (AvgIpc) is 2.67. The van der Waals surface area contributed by atoms with Crippen LogP contribution in [0.4, 0.5) is 0 Å². The molecule has 1 aliphatic heterocycles. The van der Waals surface area contributed by atoms with E-state index in [9.17, 15) is 9.90 Å². The molecule has 4 heteroatoms. The smallest absolute Gasteiger partial charge is 0.335 e. The highest BCUT2D eigenvalue weighted by Gasteiger charge is 2.32. The van der Waals surface area contributed by atoms with Crippen molar-refractivity contribution in [1.82, 2.24) is 0 Å². The zero-order valence-electron chi connectivity index (χ0n) is 15.6. The summed E-state index contributed by atoms with van der Waals surface area (Å²) >= 11 is 6.12. The predicted octanol–water partition coefficient (Wildman–Crippen LogP) is 6.03. The van der Waals surface area contributed by atoms with Crippen LogP contribution < -0.4 is 4.74 Å². The predicted molar refractivity (Wildman–Crippen MR) is 111 cm³/mol. The molecule has 3 aromatic carbocycles. The van der Waals surface area contributed by atoms with Crippen LogP contribution in [0, 0.1) is 0 Å². The second-order valence-electron chi connectivity index (χ2n) is 7.57. The van der Waals surface area contributed by atoms with Gasteiger partial charge in [-0.25, -0.2) is 4.79 Å². The normalized spacial score (nSPS) is 18.2. The monoisotopic (exact) mass is 392 g/mol. The molecule has 0 radical (unpaired) electrons. The molecule has 1 atom stereocenters. The third-order valence-electron chi connectivity index (χ3n) is 5.25. The van der Waals surface area contributed by atoms with E-state index in [-0.39, 0.29) is 5.60 Å². The fourth-order valence-corrected chi connectivity index (χ4v) is 4.02.